The molecular weight excluding hydrogens is 322 g/mol. The summed E-state index contributed by atoms with van der Waals surface area (Å²) in [6.45, 7) is 4.50. The predicted molar refractivity (Wildman–Crippen MR) is 93.3 cm³/mol. The highest BCUT2D eigenvalue weighted by Crippen LogP contribution is 2.20. The summed E-state index contributed by atoms with van der Waals surface area (Å²) in [7, 11) is 2.89. The molecule has 0 saturated heterocycles. The average Bonchev–Trinajstić information content (AvgIpc) is 2.61. The Kier molecular flexibility index (Phi) is 6.36. The van der Waals surface area contributed by atoms with Gasteiger partial charge in [-0.3, -0.25) is 0 Å². The van der Waals surface area contributed by atoms with E-state index in [0.717, 1.165) is 5.56 Å². The van der Waals surface area contributed by atoms with Crippen LogP contribution in [0.25, 0.3) is 6.08 Å². The average molecular weight is 345 g/mol. The van der Waals surface area contributed by atoms with Gasteiger partial charge in [-0.25, -0.2) is 9.59 Å². The van der Waals surface area contributed by atoms with Crippen LogP contribution in [0.2, 0.25) is 0 Å². The lowest BCUT2D eigenvalue weighted by atomic mass is 10.0. The molecule has 1 unspecified atom stereocenters. The lowest BCUT2D eigenvalue weighted by Crippen LogP contribution is -2.42. The van der Waals surface area contributed by atoms with Crippen molar-refractivity contribution in [3.05, 3.63) is 53.3 Å². The topological polar surface area (TPSA) is 65.1 Å². The third kappa shape index (κ3) is 4.93. The third-order valence-corrected chi connectivity index (χ3v) is 3.89. The Hall–Kier alpha value is -2.60. The highest BCUT2D eigenvalue weighted by Gasteiger charge is 2.28. The van der Waals surface area contributed by atoms with Gasteiger partial charge in [0.25, 0.3) is 0 Å². The molecule has 0 saturated carbocycles. The van der Waals surface area contributed by atoms with Gasteiger partial charge in [-0.05, 0) is 23.6 Å². The number of rotatable bonds is 6. The molecule has 0 bridgehead atoms. The minimum absolute atomic E-state index is 0.108. The standard InChI is InChI=1S/C19H23NO5/c1-13(2)17(20-12-16(23-3)11-18(21)25-20)10-7-14-5-8-15(9-6-14)19(22)24-4/h5-11,13,17H,12H2,1-4H3/b10-7+. The van der Waals surface area contributed by atoms with E-state index in [1.165, 1.54) is 20.3 Å². The third-order valence-electron chi connectivity index (χ3n) is 3.89. The Morgan fingerprint density at radius 2 is 1.92 bits per heavy atom. The quantitative estimate of drug-likeness (QED) is 0.739. The normalized spacial score (nSPS) is 16.5. The van der Waals surface area contributed by atoms with E-state index in [-0.39, 0.29) is 17.9 Å². The van der Waals surface area contributed by atoms with E-state index in [1.807, 2.05) is 38.1 Å². The molecule has 1 aliphatic rings. The van der Waals surface area contributed by atoms with Gasteiger partial charge in [0, 0.05) is 0 Å². The van der Waals surface area contributed by atoms with Crippen LogP contribution in [0.3, 0.4) is 0 Å². The highest BCUT2D eigenvalue weighted by molar-refractivity contribution is 5.89. The lowest BCUT2D eigenvalue weighted by Gasteiger charge is -2.32. The summed E-state index contributed by atoms with van der Waals surface area (Å²) >= 11 is 0. The number of hydrogen-bond acceptors (Lipinski definition) is 6. The number of ether oxygens (including phenoxy) is 2. The fourth-order valence-corrected chi connectivity index (χ4v) is 2.50. The number of carbonyl (C=O) groups excluding carboxylic acids is 2. The van der Waals surface area contributed by atoms with Gasteiger partial charge in [0.1, 0.15) is 5.76 Å². The Morgan fingerprint density at radius 3 is 2.48 bits per heavy atom. The van der Waals surface area contributed by atoms with Gasteiger partial charge in [0.15, 0.2) is 0 Å². The molecular formula is C19H23NO5. The second kappa shape index (κ2) is 8.48. The summed E-state index contributed by atoms with van der Waals surface area (Å²) in [4.78, 5) is 28.5. The summed E-state index contributed by atoms with van der Waals surface area (Å²) in [6, 6.07) is 6.99. The molecule has 0 radical (unpaired) electrons. The maximum Gasteiger partial charge on any atom is 0.353 e. The molecule has 2 rings (SSSR count). The van der Waals surface area contributed by atoms with Crippen LogP contribution >= 0.6 is 0 Å². The second-order valence-corrected chi connectivity index (χ2v) is 6.01. The molecule has 0 amide bonds. The van der Waals surface area contributed by atoms with Gasteiger partial charge in [0.05, 0.1) is 38.4 Å². The largest absolute Gasteiger partial charge is 0.499 e. The van der Waals surface area contributed by atoms with E-state index in [4.69, 9.17) is 9.57 Å². The first-order chi connectivity index (χ1) is 11.9. The fourth-order valence-electron chi connectivity index (χ4n) is 2.50. The van der Waals surface area contributed by atoms with Crippen molar-refractivity contribution >= 4 is 18.0 Å². The molecule has 1 aromatic carbocycles. The van der Waals surface area contributed by atoms with Gasteiger partial charge in [-0.1, -0.05) is 38.1 Å². The summed E-state index contributed by atoms with van der Waals surface area (Å²) in [6.07, 6.45) is 5.26. The van der Waals surface area contributed by atoms with Crippen molar-refractivity contribution < 1.29 is 23.9 Å². The Bertz CT molecular complexity index is 676. The molecule has 134 valence electrons. The van der Waals surface area contributed by atoms with E-state index < -0.39 is 5.97 Å². The Labute approximate surface area is 147 Å². The van der Waals surface area contributed by atoms with Gasteiger partial charge < -0.3 is 14.3 Å². The smallest absolute Gasteiger partial charge is 0.353 e. The molecule has 1 aliphatic heterocycles. The van der Waals surface area contributed by atoms with E-state index in [0.29, 0.717) is 17.9 Å². The van der Waals surface area contributed by atoms with Crippen molar-refractivity contribution in [2.24, 2.45) is 5.92 Å². The summed E-state index contributed by atoms with van der Waals surface area (Å²) in [5.74, 6) is -0.0217. The number of hydroxylamine groups is 2. The van der Waals surface area contributed by atoms with Crippen LogP contribution in [-0.2, 0) is 19.1 Å². The maximum absolute atomic E-state index is 11.7. The molecule has 0 aliphatic carbocycles. The number of carbonyl (C=O) groups is 2. The van der Waals surface area contributed by atoms with Crippen molar-refractivity contribution in [3.8, 4) is 0 Å². The maximum atomic E-state index is 11.7. The van der Waals surface area contributed by atoms with Crippen LogP contribution in [0.15, 0.2) is 42.2 Å². The number of hydrogen-bond donors (Lipinski definition) is 0. The van der Waals surface area contributed by atoms with E-state index in [2.05, 4.69) is 4.74 Å². The monoisotopic (exact) mass is 345 g/mol. The highest BCUT2D eigenvalue weighted by atomic mass is 16.7. The zero-order valence-corrected chi connectivity index (χ0v) is 14.9. The van der Waals surface area contributed by atoms with Crippen molar-refractivity contribution in [2.45, 2.75) is 19.9 Å². The number of esters is 1. The zero-order chi connectivity index (χ0) is 18.4. The summed E-state index contributed by atoms with van der Waals surface area (Å²) < 4.78 is 9.87. The number of benzene rings is 1. The van der Waals surface area contributed by atoms with Crippen LogP contribution in [0.5, 0.6) is 0 Å². The van der Waals surface area contributed by atoms with Gasteiger partial charge in [0.2, 0.25) is 0 Å². The summed E-state index contributed by atoms with van der Waals surface area (Å²) in [5.41, 5.74) is 1.43. The number of nitrogens with zero attached hydrogens (tertiary/aromatic N) is 1. The molecule has 1 aromatic rings. The van der Waals surface area contributed by atoms with Crippen molar-refractivity contribution in [3.63, 3.8) is 0 Å². The number of methoxy groups -OCH3 is 2. The summed E-state index contributed by atoms with van der Waals surface area (Å²) in [5, 5.41) is 1.62. The first-order valence-corrected chi connectivity index (χ1v) is 8.04. The molecule has 1 atom stereocenters. The molecule has 0 fully saturated rings. The first-order valence-electron chi connectivity index (χ1n) is 8.04. The van der Waals surface area contributed by atoms with E-state index >= 15 is 0 Å². The van der Waals surface area contributed by atoms with E-state index in [1.54, 1.807) is 17.2 Å². The zero-order valence-electron chi connectivity index (χ0n) is 14.9. The van der Waals surface area contributed by atoms with Crippen molar-refractivity contribution in [1.82, 2.24) is 5.06 Å². The molecule has 25 heavy (non-hydrogen) atoms. The molecule has 0 N–H and O–H groups in total. The molecule has 0 spiro atoms. The Balaban J connectivity index is 2.13. The SMILES string of the molecule is COC(=O)c1ccc(/C=C/C(C(C)C)N2CC(OC)=CC(=O)O2)cc1. The van der Waals surface area contributed by atoms with Crippen LogP contribution in [0.1, 0.15) is 29.8 Å². The predicted octanol–water partition coefficient (Wildman–Crippen LogP) is 2.82. The minimum Gasteiger partial charge on any atom is -0.499 e. The van der Waals surface area contributed by atoms with E-state index in [9.17, 15) is 9.59 Å². The molecule has 6 nitrogen and oxygen atoms in total. The molecule has 1 heterocycles. The molecule has 6 heteroatoms. The van der Waals surface area contributed by atoms with Gasteiger partial charge >= 0.3 is 11.9 Å². The van der Waals surface area contributed by atoms with Crippen LogP contribution in [0, 0.1) is 5.92 Å². The second-order valence-electron chi connectivity index (χ2n) is 6.01. The van der Waals surface area contributed by atoms with Crippen LogP contribution in [-0.4, -0.2) is 43.8 Å². The molecule has 0 aromatic heterocycles. The van der Waals surface area contributed by atoms with Crippen molar-refractivity contribution in [2.75, 3.05) is 20.8 Å². The van der Waals surface area contributed by atoms with Crippen molar-refractivity contribution in [1.29, 1.82) is 0 Å². The van der Waals surface area contributed by atoms with Crippen LogP contribution < -0.4 is 0 Å². The fraction of sp³-hybridized carbons (Fsp3) is 0.368. The first kappa shape index (κ1) is 18.7. The van der Waals surface area contributed by atoms with Gasteiger partial charge in [-0.2, -0.15) is 0 Å². The minimum atomic E-state index is -0.440. The van der Waals surface area contributed by atoms with Gasteiger partial charge in [-0.15, -0.1) is 5.06 Å². The Morgan fingerprint density at radius 1 is 1.24 bits per heavy atom. The van der Waals surface area contributed by atoms with Crippen LogP contribution in [0.4, 0.5) is 0 Å². The lowest BCUT2D eigenvalue weighted by molar-refractivity contribution is -0.199.